The van der Waals surface area contributed by atoms with Crippen molar-refractivity contribution in [3.05, 3.63) is 77.9 Å². The van der Waals surface area contributed by atoms with Gasteiger partial charge in [0, 0.05) is 55.3 Å². The van der Waals surface area contributed by atoms with Gasteiger partial charge in [0.25, 0.3) is 0 Å². The van der Waals surface area contributed by atoms with Crippen LogP contribution in [0.15, 0.2) is 60.9 Å². The van der Waals surface area contributed by atoms with Crippen LogP contribution in [0.2, 0.25) is 0 Å². The van der Waals surface area contributed by atoms with E-state index in [-0.39, 0.29) is 17.8 Å². The minimum atomic E-state index is -0.621. The van der Waals surface area contributed by atoms with Crippen molar-refractivity contribution < 1.29 is 13.9 Å². The first kappa shape index (κ1) is 28.1. The zero-order valence-electron chi connectivity index (χ0n) is 24.0. The number of hydrogen-bond acceptors (Lipinski definition) is 6. The molecule has 0 saturated heterocycles. The van der Waals surface area contributed by atoms with Crippen LogP contribution in [0.5, 0.6) is 11.5 Å². The van der Waals surface area contributed by atoms with Gasteiger partial charge in [-0.25, -0.2) is 14.2 Å². The molecule has 0 unspecified atom stereocenters. The normalized spacial score (nSPS) is 13.3. The highest BCUT2D eigenvalue weighted by Crippen LogP contribution is 2.32. The first-order chi connectivity index (χ1) is 19.6. The topological polar surface area (TPSA) is 96.3 Å². The molecule has 0 bridgehead atoms. The third-order valence-electron chi connectivity index (χ3n) is 6.78. The number of anilines is 3. The van der Waals surface area contributed by atoms with Gasteiger partial charge in [-0.3, -0.25) is 4.68 Å². The Hall–Kier alpha value is -4.44. The van der Waals surface area contributed by atoms with E-state index in [0.29, 0.717) is 28.7 Å². The molecular formula is C31H36FN7O2. The predicted octanol–water partition coefficient (Wildman–Crippen LogP) is 6.91. The molecule has 0 aliphatic carbocycles. The number of rotatable bonds is 8. The minimum absolute atomic E-state index is 0.0290. The lowest BCUT2D eigenvalue weighted by molar-refractivity contribution is 0.262. The fourth-order valence-corrected chi connectivity index (χ4v) is 4.73. The first-order valence-corrected chi connectivity index (χ1v) is 13.8. The lowest BCUT2D eigenvalue weighted by Gasteiger charge is -2.25. The summed E-state index contributed by atoms with van der Waals surface area (Å²) in [5.74, 6) is 0.859. The molecule has 41 heavy (non-hydrogen) atoms. The second-order valence-corrected chi connectivity index (χ2v) is 10.9. The quantitative estimate of drug-likeness (QED) is 0.218. The molecule has 214 valence electrons. The Balaban J connectivity index is 1.30. The predicted molar refractivity (Wildman–Crippen MR) is 160 cm³/mol. The van der Waals surface area contributed by atoms with Crippen molar-refractivity contribution in [3.8, 4) is 22.8 Å². The summed E-state index contributed by atoms with van der Waals surface area (Å²) in [4.78, 5) is 19.5. The number of aromatic nitrogens is 3. The van der Waals surface area contributed by atoms with E-state index >= 15 is 0 Å². The van der Waals surface area contributed by atoms with Gasteiger partial charge in [0.05, 0.1) is 11.4 Å². The summed E-state index contributed by atoms with van der Waals surface area (Å²) in [7, 11) is 2.11. The number of urea groups is 1. The van der Waals surface area contributed by atoms with Gasteiger partial charge in [-0.1, -0.05) is 12.1 Å². The van der Waals surface area contributed by atoms with Gasteiger partial charge < -0.3 is 25.6 Å². The first-order valence-electron chi connectivity index (χ1n) is 13.8. The zero-order valence-corrected chi connectivity index (χ0v) is 24.0. The number of halogens is 1. The number of nitrogens with zero attached hydrogens (tertiary/aromatic N) is 4. The van der Waals surface area contributed by atoms with Crippen LogP contribution in [0.3, 0.4) is 0 Å². The molecule has 10 heteroatoms. The summed E-state index contributed by atoms with van der Waals surface area (Å²) >= 11 is 0. The second-order valence-electron chi connectivity index (χ2n) is 10.9. The van der Waals surface area contributed by atoms with E-state index in [1.54, 1.807) is 30.6 Å². The van der Waals surface area contributed by atoms with Crippen molar-refractivity contribution in [2.75, 3.05) is 29.5 Å². The molecule has 0 fully saturated rings. The van der Waals surface area contributed by atoms with Crippen LogP contribution < -0.4 is 20.7 Å². The summed E-state index contributed by atoms with van der Waals surface area (Å²) < 4.78 is 22.6. The average molecular weight is 558 g/mol. The van der Waals surface area contributed by atoms with Crippen molar-refractivity contribution in [1.82, 2.24) is 19.7 Å². The molecule has 2 aromatic carbocycles. The fraction of sp³-hybridized carbons (Fsp3) is 0.323. The molecule has 0 spiro atoms. The molecule has 0 radical (unpaired) electrons. The van der Waals surface area contributed by atoms with Crippen LogP contribution >= 0.6 is 0 Å². The highest BCUT2D eigenvalue weighted by Gasteiger charge is 2.19. The Labute approximate surface area is 239 Å². The summed E-state index contributed by atoms with van der Waals surface area (Å²) in [6, 6.07) is 13.8. The Kier molecular flexibility index (Phi) is 8.21. The molecule has 2 aromatic heterocycles. The van der Waals surface area contributed by atoms with Gasteiger partial charge in [-0.2, -0.15) is 5.10 Å². The Morgan fingerprint density at radius 3 is 2.51 bits per heavy atom. The molecule has 1 aliphatic rings. The zero-order chi connectivity index (χ0) is 29.1. The van der Waals surface area contributed by atoms with Crippen LogP contribution in [0.4, 0.5) is 26.4 Å². The number of pyridine rings is 1. The second kappa shape index (κ2) is 12.0. The number of carbonyl (C=O) groups excluding carboxylic acids is 1. The third-order valence-corrected chi connectivity index (χ3v) is 6.78. The minimum Gasteiger partial charge on any atom is -0.457 e. The van der Waals surface area contributed by atoms with Crippen molar-refractivity contribution in [1.29, 1.82) is 0 Å². The van der Waals surface area contributed by atoms with E-state index in [0.717, 1.165) is 25.1 Å². The molecule has 3 heterocycles. The molecule has 0 saturated carbocycles. The SMILES string of the molecule is CC(C)Nc1cc(Oc2ccc(NC(=O)Nc3cn(C(C)C)nc3-c3ccc4c(c3)CN(C)CC4)c(F)c2)ccn1. The summed E-state index contributed by atoms with van der Waals surface area (Å²) in [6.45, 7) is 9.97. The van der Waals surface area contributed by atoms with Crippen molar-refractivity contribution in [2.45, 2.75) is 52.7 Å². The largest absolute Gasteiger partial charge is 0.457 e. The number of benzene rings is 2. The van der Waals surface area contributed by atoms with Gasteiger partial charge in [0.2, 0.25) is 0 Å². The standard InChI is InChI=1S/C31H36FN7O2/c1-19(2)34-29-16-25(10-12-33-29)41-24-8-9-27(26(32)15-24)35-31(40)36-28-18-39(20(3)4)37-30(28)22-7-6-21-11-13-38(5)17-23(21)14-22/h6-10,12,14-16,18-20H,11,13,17H2,1-5H3,(H,33,34)(H2,35,36,40). The molecule has 2 amide bonds. The molecule has 5 rings (SSSR count). The van der Waals surface area contributed by atoms with Crippen LogP contribution in [-0.4, -0.2) is 45.3 Å². The van der Waals surface area contributed by atoms with Gasteiger partial charge in [-0.05, 0) is 76.6 Å². The third kappa shape index (κ3) is 6.83. The van der Waals surface area contributed by atoms with Gasteiger partial charge in [0.15, 0.2) is 0 Å². The monoisotopic (exact) mass is 557 g/mol. The maximum Gasteiger partial charge on any atom is 0.323 e. The number of nitrogens with one attached hydrogen (secondary N) is 3. The lowest BCUT2D eigenvalue weighted by Crippen LogP contribution is -2.26. The number of carbonyl (C=O) groups is 1. The summed E-state index contributed by atoms with van der Waals surface area (Å²) in [5.41, 5.74) is 4.75. The number of hydrogen-bond donors (Lipinski definition) is 3. The van der Waals surface area contributed by atoms with E-state index in [1.165, 1.54) is 23.3 Å². The van der Waals surface area contributed by atoms with Crippen LogP contribution in [0.1, 0.15) is 44.9 Å². The van der Waals surface area contributed by atoms with Crippen LogP contribution in [0.25, 0.3) is 11.3 Å². The molecule has 4 aromatic rings. The Morgan fingerprint density at radius 2 is 1.76 bits per heavy atom. The molecule has 1 aliphatic heterocycles. The van der Waals surface area contributed by atoms with Crippen molar-refractivity contribution >= 4 is 23.2 Å². The van der Waals surface area contributed by atoms with Gasteiger partial charge >= 0.3 is 6.03 Å². The van der Waals surface area contributed by atoms with E-state index in [2.05, 4.69) is 45.0 Å². The summed E-state index contributed by atoms with van der Waals surface area (Å²) in [5, 5.41) is 13.4. The Morgan fingerprint density at radius 1 is 0.976 bits per heavy atom. The van der Waals surface area contributed by atoms with Crippen LogP contribution in [-0.2, 0) is 13.0 Å². The fourth-order valence-electron chi connectivity index (χ4n) is 4.73. The summed E-state index contributed by atoms with van der Waals surface area (Å²) in [6.07, 6.45) is 4.43. The lowest BCUT2D eigenvalue weighted by atomic mass is 9.96. The molecular weight excluding hydrogens is 521 g/mol. The molecule has 3 N–H and O–H groups in total. The molecule has 0 atom stereocenters. The maximum absolute atomic E-state index is 15.0. The average Bonchev–Trinajstić information content (AvgIpc) is 3.33. The number of fused-ring (bicyclic) bond motifs is 1. The van der Waals surface area contributed by atoms with Crippen molar-refractivity contribution in [2.24, 2.45) is 0 Å². The highest BCUT2D eigenvalue weighted by molar-refractivity contribution is 6.02. The van der Waals surface area contributed by atoms with E-state index in [1.807, 2.05) is 38.4 Å². The highest BCUT2D eigenvalue weighted by atomic mass is 19.1. The number of likely N-dealkylation sites (N-methyl/N-ethyl adjacent to an activating group) is 1. The number of amides is 2. The van der Waals surface area contributed by atoms with Gasteiger partial charge in [0.1, 0.15) is 28.8 Å². The Bertz CT molecular complexity index is 1550. The van der Waals surface area contributed by atoms with E-state index < -0.39 is 11.8 Å². The van der Waals surface area contributed by atoms with E-state index in [4.69, 9.17) is 9.84 Å². The smallest absolute Gasteiger partial charge is 0.323 e. The number of ether oxygens (including phenoxy) is 1. The van der Waals surface area contributed by atoms with E-state index in [9.17, 15) is 9.18 Å². The molecule has 9 nitrogen and oxygen atoms in total. The van der Waals surface area contributed by atoms with Crippen LogP contribution in [0, 0.1) is 5.82 Å². The van der Waals surface area contributed by atoms with Gasteiger partial charge in [-0.15, -0.1) is 0 Å². The van der Waals surface area contributed by atoms with Crippen molar-refractivity contribution in [3.63, 3.8) is 0 Å². The maximum atomic E-state index is 15.0.